The lowest BCUT2D eigenvalue weighted by molar-refractivity contribution is 0.537. The molecule has 1 rings (SSSR count). The Balaban J connectivity index is 2.11. The maximum atomic E-state index is 11.6. The number of unbranched alkanes of at least 4 members (excludes halogenated alkanes) is 7. The Morgan fingerprint density at radius 2 is 1.61 bits per heavy atom. The van der Waals surface area contributed by atoms with E-state index in [1.807, 2.05) is 6.20 Å². The van der Waals surface area contributed by atoms with E-state index < -0.39 is 0 Å². The van der Waals surface area contributed by atoms with Crippen LogP contribution in [0.3, 0.4) is 0 Å². The van der Waals surface area contributed by atoms with E-state index in [9.17, 15) is 4.79 Å². The number of hydrogen-bond acceptors (Lipinski definition) is 1. The van der Waals surface area contributed by atoms with Crippen molar-refractivity contribution in [1.82, 2.24) is 4.57 Å². The van der Waals surface area contributed by atoms with E-state index in [1.54, 1.807) is 16.7 Å². The van der Waals surface area contributed by atoms with Gasteiger partial charge in [0.1, 0.15) is 0 Å². The van der Waals surface area contributed by atoms with Crippen molar-refractivity contribution in [2.45, 2.75) is 64.8 Å². The lowest BCUT2D eigenvalue weighted by atomic mass is 10.1. The molecule has 0 bridgehead atoms. The molecular formula is C15H24BrNO. The Bertz CT molecular complexity index is 386. The van der Waals surface area contributed by atoms with Crippen LogP contribution in [-0.4, -0.2) is 4.57 Å². The summed E-state index contributed by atoms with van der Waals surface area (Å²) in [6.07, 6.45) is 12.3. The van der Waals surface area contributed by atoms with E-state index in [1.165, 1.54) is 44.9 Å². The largest absolute Gasteiger partial charge is 0.314 e. The van der Waals surface area contributed by atoms with Gasteiger partial charge in [-0.15, -0.1) is 0 Å². The highest BCUT2D eigenvalue weighted by Crippen LogP contribution is 2.09. The standard InChI is InChI=1S/C15H24BrNO/c1-2-3-4-5-6-7-8-9-12-17-13-14(16)10-11-15(17)18/h10-11,13H,2-9,12H2,1H3. The Morgan fingerprint density at radius 3 is 2.28 bits per heavy atom. The van der Waals surface area contributed by atoms with Crippen molar-refractivity contribution >= 4 is 15.9 Å². The summed E-state index contributed by atoms with van der Waals surface area (Å²) in [5.74, 6) is 0. The molecule has 0 radical (unpaired) electrons. The molecule has 0 aromatic carbocycles. The van der Waals surface area contributed by atoms with E-state index in [0.717, 1.165) is 17.4 Å². The van der Waals surface area contributed by atoms with Crippen LogP contribution in [-0.2, 0) is 6.54 Å². The van der Waals surface area contributed by atoms with E-state index in [0.29, 0.717) is 0 Å². The minimum atomic E-state index is 0.0983. The molecule has 0 aliphatic carbocycles. The molecule has 0 amide bonds. The van der Waals surface area contributed by atoms with Crippen molar-refractivity contribution in [3.8, 4) is 0 Å². The second-order valence-electron chi connectivity index (χ2n) is 4.85. The van der Waals surface area contributed by atoms with Gasteiger partial charge in [-0.3, -0.25) is 4.79 Å². The van der Waals surface area contributed by atoms with E-state index >= 15 is 0 Å². The van der Waals surface area contributed by atoms with Crippen LogP contribution in [0.1, 0.15) is 58.3 Å². The predicted octanol–water partition coefficient (Wildman–Crippen LogP) is 4.75. The summed E-state index contributed by atoms with van der Waals surface area (Å²) >= 11 is 3.39. The number of nitrogens with zero attached hydrogens (tertiary/aromatic N) is 1. The van der Waals surface area contributed by atoms with Gasteiger partial charge in [0.15, 0.2) is 0 Å². The molecule has 18 heavy (non-hydrogen) atoms. The average Bonchev–Trinajstić information content (AvgIpc) is 2.36. The Kier molecular flexibility index (Phi) is 8.06. The minimum Gasteiger partial charge on any atom is -0.314 e. The first-order chi connectivity index (χ1) is 8.74. The zero-order chi connectivity index (χ0) is 13.2. The molecule has 0 atom stereocenters. The van der Waals surface area contributed by atoms with Crippen LogP contribution in [0, 0.1) is 0 Å². The first kappa shape index (κ1) is 15.5. The topological polar surface area (TPSA) is 22.0 Å². The number of aryl methyl sites for hydroxylation is 1. The summed E-state index contributed by atoms with van der Waals surface area (Å²) in [6.45, 7) is 3.09. The van der Waals surface area contributed by atoms with Gasteiger partial charge < -0.3 is 4.57 Å². The van der Waals surface area contributed by atoms with Crippen molar-refractivity contribution in [3.63, 3.8) is 0 Å². The summed E-state index contributed by atoms with van der Waals surface area (Å²) in [7, 11) is 0. The molecule has 1 aromatic heterocycles. The zero-order valence-electron chi connectivity index (χ0n) is 11.3. The molecule has 2 nitrogen and oxygen atoms in total. The molecule has 3 heteroatoms. The second kappa shape index (κ2) is 9.37. The Morgan fingerprint density at radius 1 is 1.00 bits per heavy atom. The highest BCUT2D eigenvalue weighted by molar-refractivity contribution is 9.10. The molecule has 102 valence electrons. The lowest BCUT2D eigenvalue weighted by Crippen LogP contribution is -2.18. The third kappa shape index (κ3) is 6.39. The molecule has 0 fully saturated rings. The summed E-state index contributed by atoms with van der Waals surface area (Å²) in [5, 5.41) is 0. The van der Waals surface area contributed by atoms with E-state index in [4.69, 9.17) is 0 Å². The second-order valence-corrected chi connectivity index (χ2v) is 5.77. The number of pyridine rings is 1. The van der Waals surface area contributed by atoms with Crippen molar-refractivity contribution in [2.75, 3.05) is 0 Å². The fraction of sp³-hybridized carbons (Fsp3) is 0.667. The summed E-state index contributed by atoms with van der Waals surface area (Å²) in [6, 6.07) is 3.42. The van der Waals surface area contributed by atoms with Crippen LogP contribution in [0.2, 0.25) is 0 Å². The molecule has 0 spiro atoms. The van der Waals surface area contributed by atoms with Gasteiger partial charge in [0, 0.05) is 23.3 Å². The third-order valence-corrected chi connectivity index (χ3v) is 3.67. The van der Waals surface area contributed by atoms with Crippen LogP contribution in [0.5, 0.6) is 0 Å². The maximum Gasteiger partial charge on any atom is 0.250 e. The summed E-state index contributed by atoms with van der Waals surface area (Å²) in [5.41, 5.74) is 0.0983. The van der Waals surface area contributed by atoms with Gasteiger partial charge in [0.2, 0.25) is 0 Å². The third-order valence-electron chi connectivity index (χ3n) is 3.20. The first-order valence-corrected chi connectivity index (χ1v) is 7.89. The molecule has 0 aliphatic rings. The number of rotatable bonds is 9. The molecular weight excluding hydrogens is 290 g/mol. The molecule has 0 saturated heterocycles. The monoisotopic (exact) mass is 313 g/mol. The molecule has 0 unspecified atom stereocenters. The van der Waals surface area contributed by atoms with Gasteiger partial charge in [-0.2, -0.15) is 0 Å². The molecule has 0 aliphatic heterocycles. The van der Waals surface area contributed by atoms with Crippen LogP contribution in [0.25, 0.3) is 0 Å². The minimum absolute atomic E-state index is 0.0983. The van der Waals surface area contributed by atoms with Gasteiger partial charge in [-0.25, -0.2) is 0 Å². The van der Waals surface area contributed by atoms with Gasteiger partial charge in [0.05, 0.1) is 0 Å². The van der Waals surface area contributed by atoms with Crippen LogP contribution < -0.4 is 5.56 Å². The van der Waals surface area contributed by atoms with Crippen molar-refractivity contribution in [1.29, 1.82) is 0 Å². The highest BCUT2D eigenvalue weighted by Gasteiger charge is 1.97. The van der Waals surface area contributed by atoms with E-state index in [2.05, 4.69) is 22.9 Å². The maximum absolute atomic E-state index is 11.6. The predicted molar refractivity (Wildman–Crippen MR) is 81.0 cm³/mol. The lowest BCUT2D eigenvalue weighted by Gasteiger charge is -2.05. The number of halogens is 1. The van der Waals surface area contributed by atoms with Crippen LogP contribution in [0.4, 0.5) is 0 Å². The van der Waals surface area contributed by atoms with Crippen LogP contribution >= 0.6 is 15.9 Å². The average molecular weight is 314 g/mol. The molecule has 0 saturated carbocycles. The Hall–Kier alpha value is -0.570. The zero-order valence-corrected chi connectivity index (χ0v) is 12.9. The highest BCUT2D eigenvalue weighted by atomic mass is 79.9. The van der Waals surface area contributed by atoms with Crippen molar-refractivity contribution in [3.05, 3.63) is 33.2 Å². The molecule has 1 aromatic rings. The van der Waals surface area contributed by atoms with E-state index in [-0.39, 0.29) is 5.56 Å². The normalized spacial score (nSPS) is 10.8. The summed E-state index contributed by atoms with van der Waals surface area (Å²) in [4.78, 5) is 11.6. The van der Waals surface area contributed by atoms with Gasteiger partial charge in [0.25, 0.3) is 5.56 Å². The Labute approximate surface area is 119 Å². The fourth-order valence-corrected chi connectivity index (χ4v) is 2.47. The number of aromatic nitrogens is 1. The van der Waals surface area contributed by atoms with Crippen LogP contribution in [0.15, 0.2) is 27.6 Å². The molecule has 0 N–H and O–H groups in total. The quantitative estimate of drug-likeness (QED) is 0.603. The fourth-order valence-electron chi connectivity index (χ4n) is 2.09. The summed E-state index contributed by atoms with van der Waals surface area (Å²) < 4.78 is 2.77. The van der Waals surface area contributed by atoms with Crippen molar-refractivity contribution < 1.29 is 0 Å². The molecule has 1 heterocycles. The van der Waals surface area contributed by atoms with Gasteiger partial charge in [-0.05, 0) is 28.4 Å². The number of hydrogen-bond donors (Lipinski definition) is 0. The van der Waals surface area contributed by atoms with Gasteiger partial charge >= 0.3 is 0 Å². The smallest absolute Gasteiger partial charge is 0.250 e. The van der Waals surface area contributed by atoms with Crippen molar-refractivity contribution in [2.24, 2.45) is 0 Å². The SMILES string of the molecule is CCCCCCCCCCn1cc(Br)ccc1=O. The first-order valence-electron chi connectivity index (χ1n) is 7.10. The van der Waals surface area contributed by atoms with Gasteiger partial charge in [-0.1, -0.05) is 51.9 Å².